The molecule has 0 saturated carbocycles. The Morgan fingerprint density at radius 3 is 2.30 bits per heavy atom. The summed E-state index contributed by atoms with van der Waals surface area (Å²) in [4.78, 5) is 35.7. The predicted octanol–water partition coefficient (Wildman–Crippen LogP) is 3.12. The third kappa shape index (κ3) is 3.54. The van der Waals surface area contributed by atoms with Crippen LogP contribution in [0.3, 0.4) is 0 Å². The summed E-state index contributed by atoms with van der Waals surface area (Å²) in [5.74, 6) is -0.325. The number of H-pyrrole nitrogens is 1. The van der Waals surface area contributed by atoms with Crippen molar-refractivity contribution in [2.45, 2.75) is 19.9 Å². The van der Waals surface area contributed by atoms with Crippen LogP contribution in [0.4, 0.5) is 5.69 Å². The topological polar surface area (TPSA) is 107 Å². The SMILES string of the molecule is CC(C)n1cc(Oc2c(Cl)cc([N+](=O)[O-])cc2Cl)c(=O)[nH]c1=O. The molecule has 0 unspecified atom stereocenters. The quantitative estimate of drug-likeness (QED) is 0.666. The molecule has 0 aliphatic rings. The molecule has 0 saturated heterocycles. The van der Waals surface area contributed by atoms with E-state index in [0.717, 1.165) is 12.1 Å². The van der Waals surface area contributed by atoms with E-state index >= 15 is 0 Å². The summed E-state index contributed by atoms with van der Waals surface area (Å²) in [5, 5.41) is 10.5. The molecule has 0 radical (unpaired) electrons. The van der Waals surface area contributed by atoms with Crippen molar-refractivity contribution in [3.05, 3.63) is 59.3 Å². The zero-order valence-corrected chi connectivity index (χ0v) is 13.5. The number of aromatic nitrogens is 2. The molecule has 0 aliphatic heterocycles. The number of non-ortho nitro benzene ring substituents is 1. The number of rotatable bonds is 4. The van der Waals surface area contributed by atoms with Crippen molar-refractivity contribution in [3.63, 3.8) is 0 Å². The van der Waals surface area contributed by atoms with Gasteiger partial charge in [-0.25, -0.2) is 4.79 Å². The number of hydrogen-bond donors (Lipinski definition) is 1. The molecule has 1 N–H and O–H groups in total. The normalized spacial score (nSPS) is 10.8. The highest BCUT2D eigenvalue weighted by atomic mass is 35.5. The molecule has 0 spiro atoms. The van der Waals surface area contributed by atoms with Crippen LogP contribution >= 0.6 is 23.2 Å². The molecular weight excluding hydrogens is 349 g/mol. The highest BCUT2D eigenvalue weighted by Gasteiger charge is 2.18. The molecule has 1 aromatic carbocycles. The molecule has 1 aromatic heterocycles. The first-order chi connectivity index (χ1) is 10.7. The van der Waals surface area contributed by atoms with Crippen molar-refractivity contribution in [1.29, 1.82) is 0 Å². The molecule has 0 aliphatic carbocycles. The van der Waals surface area contributed by atoms with Crippen LogP contribution in [0.1, 0.15) is 19.9 Å². The van der Waals surface area contributed by atoms with Crippen LogP contribution in [0.25, 0.3) is 0 Å². The maximum atomic E-state index is 11.8. The molecule has 0 amide bonds. The lowest BCUT2D eigenvalue weighted by Crippen LogP contribution is -2.30. The first-order valence-corrected chi connectivity index (χ1v) is 7.13. The lowest BCUT2D eigenvalue weighted by atomic mass is 10.3. The van der Waals surface area contributed by atoms with Crippen molar-refractivity contribution in [2.75, 3.05) is 0 Å². The molecule has 23 heavy (non-hydrogen) atoms. The van der Waals surface area contributed by atoms with Crippen LogP contribution < -0.4 is 16.0 Å². The Hall–Kier alpha value is -2.32. The van der Waals surface area contributed by atoms with Gasteiger partial charge in [0.2, 0.25) is 5.75 Å². The lowest BCUT2D eigenvalue weighted by Gasteiger charge is -2.12. The number of nitrogens with one attached hydrogen (secondary N) is 1. The van der Waals surface area contributed by atoms with Crippen molar-refractivity contribution < 1.29 is 9.66 Å². The van der Waals surface area contributed by atoms with Gasteiger partial charge in [0.1, 0.15) is 0 Å². The number of aromatic amines is 1. The molecule has 0 bridgehead atoms. The van der Waals surface area contributed by atoms with Crippen molar-refractivity contribution >= 4 is 28.9 Å². The number of hydrogen-bond acceptors (Lipinski definition) is 5. The van der Waals surface area contributed by atoms with Crippen molar-refractivity contribution in [3.8, 4) is 11.5 Å². The molecular formula is C13H11Cl2N3O5. The van der Waals surface area contributed by atoms with Crippen LogP contribution in [0.5, 0.6) is 11.5 Å². The van der Waals surface area contributed by atoms with Crippen molar-refractivity contribution in [2.24, 2.45) is 0 Å². The molecule has 10 heteroatoms. The lowest BCUT2D eigenvalue weighted by molar-refractivity contribution is -0.384. The van der Waals surface area contributed by atoms with E-state index in [1.807, 2.05) is 0 Å². The number of nitro benzene ring substituents is 1. The minimum atomic E-state index is -0.766. The average molecular weight is 360 g/mol. The second-order valence-electron chi connectivity index (χ2n) is 4.85. The van der Waals surface area contributed by atoms with Gasteiger partial charge in [-0.3, -0.25) is 24.5 Å². The van der Waals surface area contributed by atoms with Crippen LogP contribution in [0.15, 0.2) is 27.9 Å². The van der Waals surface area contributed by atoms with Gasteiger partial charge in [0.25, 0.3) is 11.2 Å². The average Bonchev–Trinajstić information content (AvgIpc) is 2.43. The summed E-state index contributed by atoms with van der Waals surface area (Å²) in [6.07, 6.45) is 1.22. The van der Waals surface area contributed by atoms with Gasteiger partial charge in [0, 0.05) is 18.2 Å². The first-order valence-electron chi connectivity index (χ1n) is 6.37. The molecule has 2 rings (SSSR count). The Labute approximate surface area is 139 Å². The summed E-state index contributed by atoms with van der Waals surface area (Å²) in [6.45, 7) is 3.49. The summed E-state index contributed by atoms with van der Waals surface area (Å²) in [5.41, 5.74) is -1.66. The molecule has 0 fully saturated rings. The summed E-state index contributed by atoms with van der Waals surface area (Å²) >= 11 is 11.8. The highest BCUT2D eigenvalue weighted by Crippen LogP contribution is 2.38. The first kappa shape index (κ1) is 17.0. The molecule has 8 nitrogen and oxygen atoms in total. The van der Waals surface area contributed by atoms with E-state index in [0.29, 0.717) is 0 Å². The van der Waals surface area contributed by atoms with E-state index in [4.69, 9.17) is 27.9 Å². The molecule has 2 aromatic rings. The van der Waals surface area contributed by atoms with Crippen LogP contribution in [-0.2, 0) is 0 Å². The Bertz CT molecular complexity index is 865. The third-order valence-corrected chi connectivity index (χ3v) is 3.46. The monoisotopic (exact) mass is 359 g/mol. The largest absolute Gasteiger partial charge is 0.447 e. The highest BCUT2D eigenvalue weighted by molar-refractivity contribution is 6.37. The standard InChI is InChI=1S/C13H11Cl2N3O5/c1-6(2)17-5-10(12(19)16-13(17)20)23-11-8(14)3-7(18(21)22)4-9(11)15/h3-6H,1-2H3,(H,16,19,20). The molecule has 122 valence electrons. The number of nitro groups is 1. The van der Waals surface area contributed by atoms with E-state index in [2.05, 4.69) is 4.98 Å². The molecule has 1 heterocycles. The van der Waals surface area contributed by atoms with Crippen LogP contribution in [-0.4, -0.2) is 14.5 Å². The van der Waals surface area contributed by atoms with Crippen LogP contribution in [0, 0.1) is 10.1 Å². The Kier molecular flexibility index (Phi) is 4.76. The number of nitrogens with zero attached hydrogens (tertiary/aromatic N) is 2. The maximum Gasteiger partial charge on any atom is 0.328 e. The number of halogens is 2. The summed E-state index contributed by atoms with van der Waals surface area (Å²) < 4.78 is 6.62. The van der Waals surface area contributed by atoms with Gasteiger partial charge >= 0.3 is 5.69 Å². The minimum absolute atomic E-state index is 0.113. The summed E-state index contributed by atoms with van der Waals surface area (Å²) in [7, 11) is 0. The van der Waals surface area contributed by atoms with Gasteiger partial charge in [-0.15, -0.1) is 0 Å². The van der Waals surface area contributed by atoms with Gasteiger partial charge in [-0.1, -0.05) is 23.2 Å². The summed E-state index contributed by atoms with van der Waals surface area (Å²) in [6, 6.07) is 1.88. The fourth-order valence-corrected chi connectivity index (χ4v) is 2.34. The zero-order chi connectivity index (χ0) is 17.3. The second kappa shape index (κ2) is 6.43. The second-order valence-corrected chi connectivity index (χ2v) is 5.67. The van der Waals surface area contributed by atoms with E-state index in [-0.39, 0.29) is 33.3 Å². The molecule has 0 atom stereocenters. The van der Waals surface area contributed by atoms with Gasteiger partial charge in [0.05, 0.1) is 21.2 Å². The minimum Gasteiger partial charge on any atom is -0.447 e. The zero-order valence-electron chi connectivity index (χ0n) is 12.0. The van der Waals surface area contributed by atoms with Gasteiger partial charge in [-0.2, -0.15) is 0 Å². The van der Waals surface area contributed by atoms with Gasteiger partial charge < -0.3 is 4.74 Å². The Morgan fingerprint density at radius 1 is 1.26 bits per heavy atom. The maximum absolute atomic E-state index is 11.8. The van der Waals surface area contributed by atoms with E-state index in [1.54, 1.807) is 13.8 Å². The van der Waals surface area contributed by atoms with Gasteiger partial charge in [0.15, 0.2) is 5.75 Å². The smallest absolute Gasteiger partial charge is 0.328 e. The Balaban J connectivity index is 2.52. The number of benzene rings is 1. The third-order valence-electron chi connectivity index (χ3n) is 2.90. The fourth-order valence-electron chi connectivity index (χ4n) is 1.78. The Morgan fingerprint density at radius 2 is 1.83 bits per heavy atom. The van der Waals surface area contributed by atoms with Gasteiger partial charge in [-0.05, 0) is 13.8 Å². The predicted molar refractivity (Wildman–Crippen MR) is 84.9 cm³/mol. The fraction of sp³-hybridized carbons (Fsp3) is 0.231. The van der Waals surface area contributed by atoms with Crippen LogP contribution in [0.2, 0.25) is 10.0 Å². The van der Waals surface area contributed by atoms with E-state index < -0.39 is 16.2 Å². The number of ether oxygens (including phenoxy) is 1. The van der Waals surface area contributed by atoms with E-state index in [9.17, 15) is 19.7 Å². The van der Waals surface area contributed by atoms with E-state index in [1.165, 1.54) is 10.8 Å². The van der Waals surface area contributed by atoms with Crippen molar-refractivity contribution in [1.82, 2.24) is 9.55 Å².